The van der Waals surface area contributed by atoms with Gasteiger partial charge in [-0.2, -0.15) is 0 Å². The highest BCUT2D eigenvalue weighted by Gasteiger charge is 2.32. The van der Waals surface area contributed by atoms with Crippen LogP contribution in [-0.4, -0.2) is 15.8 Å². The van der Waals surface area contributed by atoms with Crippen LogP contribution in [0.1, 0.15) is 33.3 Å². The standard InChI is InChI=1S/C26H19F3N4O/c1-15-13-30-22(12-20(15)26(34)32-17-9-7-16(27)8-10-17)18-5-3-11-33-23(18)14-31-25(33)19-4-2-6-21(28)24(19)29/h2-14,25,31H,1H3,(H,32,34). The van der Waals surface area contributed by atoms with Crippen LogP contribution in [0.4, 0.5) is 18.9 Å². The highest BCUT2D eigenvalue weighted by molar-refractivity contribution is 6.05. The molecule has 34 heavy (non-hydrogen) atoms. The molecule has 0 spiro atoms. The molecule has 8 heteroatoms. The van der Waals surface area contributed by atoms with Crippen molar-refractivity contribution in [1.82, 2.24) is 15.2 Å². The van der Waals surface area contributed by atoms with E-state index in [1.54, 1.807) is 42.6 Å². The molecule has 5 nitrogen and oxygen atoms in total. The number of nitrogens with zero attached hydrogens (tertiary/aromatic N) is 2. The van der Waals surface area contributed by atoms with Crippen LogP contribution in [0.25, 0.3) is 5.57 Å². The van der Waals surface area contributed by atoms with E-state index in [0.29, 0.717) is 33.8 Å². The maximum Gasteiger partial charge on any atom is 0.256 e. The molecule has 1 unspecified atom stereocenters. The summed E-state index contributed by atoms with van der Waals surface area (Å²) in [6, 6.07) is 11.3. The lowest BCUT2D eigenvalue weighted by Gasteiger charge is -2.29. The number of pyridine rings is 1. The van der Waals surface area contributed by atoms with E-state index < -0.39 is 23.6 Å². The Morgan fingerprint density at radius 2 is 1.91 bits per heavy atom. The number of nitrogens with one attached hydrogen (secondary N) is 2. The molecule has 1 amide bonds. The van der Waals surface area contributed by atoms with Gasteiger partial charge in [0.25, 0.3) is 5.91 Å². The number of benzene rings is 2. The third kappa shape index (κ3) is 3.83. The molecule has 3 heterocycles. The van der Waals surface area contributed by atoms with E-state index in [2.05, 4.69) is 15.6 Å². The fraction of sp³-hybridized carbons (Fsp3) is 0.0769. The topological polar surface area (TPSA) is 57.3 Å². The Bertz CT molecular complexity index is 1380. The number of halogens is 3. The van der Waals surface area contributed by atoms with Crippen molar-refractivity contribution < 1.29 is 18.0 Å². The van der Waals surface area contributed by atoms with Crippen molar-refractivity contribution in [2.75, 3.05) is 5.32 Å². The van der Waals surface area contributed by atoms with Gasteiger partial charge in [-0.15, -0.1) is 0 Å². The van der Waals surface area contributed by atoms with Gasteiger partial charge in [-0.05, 0) is 61.0 Å². The summed E-state index contributed by atoms with van der Waals surface area (Å²) in [6.07, 6.45) is 8.07. The zero-order valence-corrected chi connectivity index (χ0v) is 18.0. The average molecular weight is 460 g/mol. The highest BCUT2D eigenvalue weighted by Crippen LogP contribution is 2.38. The van der Waals surface area contributed by atoms with Crippen LogP contribution in [0, 0.1) is 24.4 Å². The van der Waals surface area contributed by atoms with Gasteiger partial charge in [0.05, 0.1) is 11.4 Å². The number of fused-ring (bicyclic) bond motifs is 1. The van der Waals surface area contributed by atoms with Gasteiger partial charge in [0.15, 0.2) is 11.6 Å². The normalized spacial score (nSPS) is 16.5. The van der Waals surface area contributed by atoms with Crippen molar-refractivity contribution in [1.29, 1.82) is 0 Å². The van der Waals surface area contributed by atoms with Crippen LogP contribution < -0.4 is 10.6 Å². The van der Waals surface area contributed by atoms with Gasteiger partial charge in [-0.25, -0.2) is 13.2 Å². The molecule has 2 aliphatic rings. The smallest absolute Gasteiger partial charge is 0.256 e. The average Bonchev–Trinajstić information content (AvgIpc) is 3.27. The summed E-state index contributed by atoms with van der Waals surface area (Å²) in [4.78, 5) is 19.2. The van der Waals surface area contributed by atoms with Gasteiger partial charge in [0.2, 0.25) is 0 Å². The summed E-state index contributed by atoms with van der Waals surface area (Å²) < 4.78 is 41.4. The lowest BCUT2D eigenvalue weighted by Crippen LogP contribution is -2.27. The molecule has 1 aromatic heterocycles. The van der Waals surface area contributed by atoms with Crippen molar-refractivity contribution in [2.45, 2.75) is 13.1 Å². The highest BCUT2D eigenvalue weighted by atomic mass is 19.2. The van der Waals surface area contributed by atoms with Crippen molar-refractivity contribution >= 4 is 17.2 Å². The number of carbonyl (C=O) groups is 1. The molecule has 2 aromatic carbocycles. The number of allylic oxidation sites excluding steroid dienone is 3. The molecular weight excluding hydrogens is 441 g/mol. The lowest BCUT2D eigenvalue weighted by atomic mass is 10.0. The maximum absolute atomic E-state index is 14.4. The third-order valence-corrected chi connectivity index (χ3v) is 5.72. The Balaban J connectivity index is 1.43. The molecule has 0 bridgehead atoms. The molecule has 5 rings (SSSR count). The first kappa shape index (κ1) is 21.5. The van der Waals surface area contributed by atoms with E-state index in [1.165, 1.54) is 36.4 Å². The van der Waals surface area contributed by atoms with Crippen LogP contribution in [0.2, 0.25) is 0 Å². The summed E-state index contributed by atoms with van der Waals surface area (Å²) in [7, 11) is 0. The zero-order valence-electron chi connectivity index (χ0n) is 18.0. The molecule has 0 saturated heterocycles. The van der Waals surface area contributed by atoms with E-state index >= 15 is 0 Å². The minimum Gasteiger partial charge on any atom is -0.365 e. The molecule has 1 atom stereocenters. The first-order chi connectivity index (χ1) is 16.4. The van der Waals surface area contributed by atoms with E-state index in [0.717, 1.165) is 6.07 Å². The van der Waals surface area contributed by atoms with E-state index in [9.17, 15) is 18.0 Å². The van der Waals surface area contributed by atoms with Crippen molar-refractivity contribution in [2.24, 2.45) is 0 Å². The fourth-order valence-corrected chi connectivity index (χ4v) is 3.99. The Morgan fingerprint density at radius 3 is 2.71 bits per heavy atom. The molecule has 0 radical (unpaired) electrons. The number of aromatic nitrogens is 1. The van der Waals surface area contributed by atoms with Crippen LogP contribution in [0.15, 0.2) is 85.0 Å². The van der Waals surface area contributed by atoms with Gasteiger partial charge in [-0.1, -0.05) is 12.1 Å². The summed E-state index contributed by atoms with van der Waals surface area (Å²) in [6.45, 7) is 1.77. The largest absolute Gasteiger partial charge is 0.365 e. The minimum atomic E-state index is -0.915. The number of hydrogen-bond donors (Lipinski definition) is 2. The van der Waals surface area contributed by atoms with Crippen molar-refractivity contribution in [3.8, 4) is 0 Å². The summed E-state index contributed by atoms with van der Waals surface area (Å²) in [5.74, 6) is -2.57. The number of rotatable bonds is 4. The van der Waals surface area contributed by atoms with Crippen molar-refractivity contribution in [3.05, 3.63) is 125 Å². The molecular formula is C26H19F3N4O. The van der Waals surface area contributed by atoms with Crippen LogP contribution in [0.3, 0.4) is 0 Å². The molecule has 0 fully saturated rings. The van der Waals surface area contributed by atoms with Gasteiger partial charge in [-0.3, -0.25) is 9.78 Å². The predicted octanol–water partition coefficient (Wildman–Crippen LogP) is 5.42. The molecule has 2 aliphatic heterocycles. The zero-order chi connectivity index (χ0) is 23.8. The predicted molar refractivity (Wildman–Crippen MR) is 123 cm³/mol. The maximum atomic E-state index is 14.4. The number of amides is 1. The first-order valence-electron chi connectivity index (χ1n) is 10.5. The quantitative estimate of drug-likeness (QED) is 0.546. The van der Waals surface area contributed by atoms with Gasteiger partial charge in [0.1, 0.15) is 12.0 Å². The Hall–Kier alpha value is -4.33. The molecule has 0 saturated carbocycles. The monoisotopic (exact) mass is 460 g/mol. The SMILES string of the molecule is Cc1cnc(C2=CC=CN3C2=CNC3c2cccc(F)c2F)cc1C(=O)Nc1ccc(F)cc1. The molecule has 3 aromatic rings. The Labute approximate surface area is 193 Å². The molecule has 170 valence electrons. The van der Waals surface area contributed by atoms with Crippen LogP contribution in [0.5, 0.6) is 0 Å². The summed E-state index contributed by atoms with van der Waals surface area (Å²) in [5.41, 5.74) is 3.69. The fourth-order valence-electron chi connectivity index (χ4n) is 3.99. The van der Waals surface area contributed by atoms with E-state index in [-0.39, 0.29) is 11.5 Å². The number of anilines is 1. The second kappa shape index (κ2) is 8.55. The lowest BCUT2D eigenvalue weighted by molar-refractivity contribution is 0.102. The number of carbonyl (C=O) groups excluding carboxylic acids is 1. The van der Waals surface area contributed by atoms with E-state index in [4.69, 9.17) is 0 Å². The van der Waals surface area contributed by atoms with Gasteiger partial charge in [0, 0.05) is 41.0 Å². The molecule has 0 aliphatic carbocycles. The third-order valence-electron chi connectivity index (χ3n) is 5.72. The summed E-state index contributed by atoms with van der Waals surface area (Å²) in [5, 5.41) is 5.86. The second-order valence-corrected chi connectivity index (χ2v) is 7.92. The number of hydrogen-bond acceptors (Lipinski definition) is 4. The Morgan fingerprint density at radius 1 is 1.12 bits per heavy atom. The van der Waals surface area contributed by atoms with Crippen molar-refractivity contribution in [3.63, 3.8) is 0 Å². The van der Waals surface area contributed by atoms with Gasteiger partial charge >= 0.3 is 0 Å². The summed E-state index contributed by atoms with van der Waals surface area (Å²) >= 11 is 0. The Kier molecular flexibility index (Phi) is 5.41. The van der Waals surface area contributed by atoms with Crippen LogP contribution >= 0.6 is 0 Å². The van der Waals surface area contributed by atoms with Gasteiger partial charge < -0.3 is 15.5 Å². The first-order valence-corrected chi connectivity index (χ1v) is 10.5. The minimum absolute atomic E-state index is 0.174. The van der Waals surface area contributed by atoms with Crippen LogP contribution in [-0.2, 0) is 0 Å². The molecule has 2 N–H and O–H groups in total. The number of aryl methyl sites for hydroxylation is 1. The second-order valence-electron chi connectivity index (χ2n) is 7.92. The van der Waals surface area contributed by atoms with E-state index in [1.807, 2.05) is 6.08 Å².